The minimum atomic E-state index is -4.43. The first-order valence-electron chi connectivity index (χ1n) is 9.76. The predicted octanol–water partition coefficient (Wildman–Crippen LogP) is 2.52. The van der Waals surface area contributed by atoms with Gasteiger partial charge in [0, 0.05) is 38.6 Å². The molecule has 29 heavy (non-hydrogen) atoms. The van der Waals surface area contributed by atoms with Crippen molar-refractivity contribution in [3.63, 3.8) is 0 Å². The van der Waals surface area contributed by atoms with Crippen LogP contribution in [0.5, 0.6) is 0 Å². The molecule has 1 aliphatic carbocycles. The smallest absolute Gasteiger partial charge is 0.395 e. The van der Waals surface area contributed by atoms with Gasteiger partial charge in [0.1, 0.15) is 0 Å². The Hall–Kier alpha value is -2.39. The largest absolute Gasteiger partial charge is 0.416 e. The first-order chi connectivity index (χ1) is 13.9. The molecule has 1 aromatic heterocycles. The molecule has 1 amide bonds. The van der Waals surface area contributed by atoms with Gasteiger partial charge in [0.05, 0.1) is 35.3 Å². The molecule has 2 heterocycles. The summed E-state index contributed by atoms with van der Waals surface area (Å²) in [6.45, 7) is 3.15. The highest BCUT2D eigenvalue weighted by atomic mass is 19.4. The Morgan fingerprint density at radius 2 is 1.90 bits per heavy atom. The molecule has 1 saturated heterocycles. The van der Waals surface area contributed by atoms with Crippen LogP contribution in [0.25, 0.3) is 5.69 Å². The number of nitrogens with zero attached hydrogens (tertiary/aromatic N) is 4. The van der Waals surface area contributed by atoms with E-state index < -0.39 is 11.7 Å². The highest BCUT2D eigenvalue weighted by molar-refractivity contribution is 5.95. The second kappa shape index (κ2) is 7.79. The zero-order valence-corrected chi connectivity index (χ0v) is 15.9. The molecule has 1 aromatic carbocycles. The van der Waals surface area contributed by atoms with Crippen molar-refractivity contribution in [1.82, 2.24) is 19.6 Å². The van der Waals surface area contributed by atoms with Gasteiger partial charge in [-0.05, 0) is 31.0 Å². The van der Waals surface area contributed by atoms with Gasteiger partial charge in [0.2, 0.25) is 0 Å². The van der Waals surface area contributed by atoms with E-state index in [2.05, 4.69) is 10.00 Å². The van der Waals surface area contributed by atoms with Gasteiger partial charge in [-0.3, -0.25) is 9.69 Å². The van der Waals surface area contributed by atoms with Crippen LogP contribution in [0, 0.1) is 0 Å². The molecule has 2 aromatic rings. The topological polar surface area (TPSA) is 61.6 Å². The van der Waals surface area contributed by atoms with Gasteiger partial charge in [-0.1, -0.05) is 6.07 Å². The van der Waals surface area contributed by atoms with Gasteiger partial charge >= 0.3 is 6.18 Å². The maximum absolute atomic E-state index is 13.1. The third-order valence-electron chi connectivity index (χ3n) is 5.49. The van der Waals surface area contributed by atoms with Crippen LogP contribution in [0.15, 0.2) is 30.5 Å². The third kappa shape index (κ3) is 4.16. The monoisotopic (exact) mass is 408 g/mol. The van der Waals surface area contributed by atoms with E-state index in [9.17, 15) is 18.0 Å². The molecule has 0 radical (unpaired) electrons. The van der Waals surface area contributed by atoms with Crippen molar-refractivity contribution in [2.24, 2.45) is 0 Å². The molecule has 0 atom stereocenters. The Kier molecular flexibility index (Phi) is 5.35. The van der Waals surface area contributed by atoms with Gasteiger partial charge in [-0.15, -0.1) is 0 Å². The van der Waals surface area contributed by atoms with E-state index in [1.54, 1.807) is 11.0 Å². The van der Waals surface area contributed by atoms with E-state index in [1.807, 2.05) is 0 Å². The summed E-state index contributed by atoms with van der Waals surface area (Å²) >= 11 is 0. The summed E-state index contributed by atoms with van der Waals surface area (Å²) in [5.41, 5.74) is 0.751. The molecule has 4 rings (SSSR count). The molecule has 0 bridgehead atoms. The van der Waals surface area contributed by atoms with Gasteiger partial charge in [0.25, 0.3) is 5.91 Å². The summed E-state index contributed by atoms with van der Waals surface area (Å²) in [5, 5.41) is 13.3. The molecule has 1 saturated carbocycles. The van der Waals surface area contributed by atoms with Crippen molar-refractivity contribution in [3.8, 4) is 5.69 Å². The van der Waals surface area contributed by atoms with Crippen molar-refractivity contribution >= 4 is 5.91 Å². The first-order valence-corrected chi connectivity index (χ1v) is 9.76. The summed E-state index contributed by atoms with van der Waals surface area (Å²) in [4.78, 5) is 17.0. The number of β-amino-alcohol motifs (C(OH)–C–C–N with tert-alkyl or cyclic N) is 1. The lowest BCUT2D eigenvalue weighted by Gasteiger charge is -2.34. The first kappa shape index (κ1) is 19.9. The highest BCUT2D eigenvalue weighted by Gasteiger charge is 2.36. The van der Waals surface area contributed by atoms with E-state index in [1.165, 1.54) is 16.9 Å². The lowest BCUT2D eigenvalue weighted by molar-refractivity contribution is -0.137. The predicted molar refractivity (Wildman–Crippen MR) is 100.0 cm³/mol. The summed E-state index contributed by atoms with van der Waals surface area (Å²) < 4.78 is 40.8. The van der Waals surface area contributed by atoms with Crippen LogP contribution >= 0.6 is 0 Å². The molecule has 2 fully saturated rings. The number of hydrogen-bond acceptors (Lipinski definition) is 4. The van der Waals surface area contributed by atoms with Crippen LogP contribution in [-0.2, 0) is 6.18 Å². The number of halogens is 3. The van der Waals surface area contributed by atoms with Crippen molar-refractivity contribution in [2.75, 3.05) is 39.3 Å². The van der Waals surface area contributed by atoms with Crippen molar-refractivity contribution in [3.05, 3.63) is 47.3 Å². The number of aliphatic hydroxyl groups is 1. The molecular weight excluding hydrogens is 385 g/mol. The molecule has 156 valence electrons. The highest BCUT2D eigenvalue weighted by Crippen LogP contribution is 2.43. The van der Waals surface area contributed by atoms with E-state index >= 15 is 0 Å². The quantitative estimate of drug-likeness (QED) is 0.826. The summed E-state index contributed by atoms with van der Waals surface area (Å²) in [7, 11) is 0. The summed E-state index contributed by atoms with van der Waals surface area (Å²) in [6, 6.07) is 5.04. The average Bonchev–Trinajstić information content (AvgIpc) is 3.45. The fourth-order valence-electron chi connectivity index (χ4n) is 3.78. The zero-order chi connectivity index (χ0) is 20.6. The minimum absolute atomic E-state index is 0.0868. The standard InChI is InChI=1S/C20H23F3N4O2/c21-20(22,23)15-2-1-3-16(12-15)27-18(14-4-5-14)17(13-24-27)19(29)26-8-6-25(7-9-26)10-11-28/h1-3,12-14,28H,4-11H2. The number of hydrogen-bond donors (Lipinski definition) is 1. The second-order valence-electron chi connectivity index (χ2n) is 7.54. The zero-order valence-electron chi connectivity index (χ0n) is 15.9. The Morgan fingerprint density at radius 1 is 1.17 bits per heavy atom. The number of carbonyl (C=O) groups is 1. The fraction of sp³-hybridized carbons (Fsp3) is 0.500. The van der Waals surface area contributed by atoms with Crippen LogP contribution in [0.3, 0.4) is 0 Å². The Bertz CT molecular complexity index is 884. The normalized spacial score (nSPS) is 18.3. The number of amides is 1. The number of piperazine rings is 1. The van der Waals surface area contributed by atoms with Gasteiger partial charge < -0.3 is 10.0 Å². The maximum atomic E-state index is 13.1. The molecule has 0 spiro atoms. The molecule has 2 aliphatic rings. The number of alkyl halides is 3. The molecule has 6 nitrogen and oxygen atoms in total. The van der Waals surface area contributed by atoms with E-state index in [0.29, 0.717) is 49.7 Å². The number of carbonyl (C=O) groups excluding carboxylic acids is 1. The number of rotatable bonds is 5. The van der Waals surface area contributed by atoms with Gasteiger partial charge in [0.15, 0.2) is 0 Å². The number of aromatic nitrogens is 2. The molecule has 1 aliphatic heterocycles. The maximum Gasteiger partial charge on any atom is 0.416 e. The average molecular weight is 408 g/mol. The van der Waals surface area contributed by atoms with Crippen LogP contribution < -0.4 is 0 Å². The van der Waals surface area contributed by atoms with Crippen LogP contribution in [0.1, 0.15) is 40.4 Å². The van der Waals surface area contributed by atoms with Crippen LogP contribution in [-0.4, -0.2) is 69.9 Å². The lowest BCUT2D eigenvalue weighted by atomic mass is 10.1. The third-order valence-corrected chi connectivity index (χ3v) is 5.49. The van der Waals surface area contributed by atoms with Crippen molar-refractivity contribution in [1.29, 1.82) is 0 Å². The Balaban J connectivity index is 1.61. The second-order valence-corrected chi connectivity index (χ2v) is 7.54. The fourth-order valence-corrected chi connectivity index (χ4v) is 3.78. The van der Waals surface area contributed by atoms with E-state index in [-0.39, 0.29) is 18.4 Å². The van der Waals surface area contributed by atoms with Gasteiger partial charge in [-0.2, -0.15) is 18.3 Å². The summed E-state index contributed by atoms with van der Waals surface area (Å²) in [6.07, 6.45) is -1.16. The summed E-state index contributed by atoms with van der Waals surface area (Å²) in [5.74, 6) is 0.00967. The number of benzene rings is 1. The van der Waals surface area contributed by atoms with E-state index in [0.717, 1.165) is 25.0 Å². The molecular formula is C20H23F3N4O2. The van der Waals surface area contributed by atoms with Crippen molar-refractivity contribution < 1.29 is 23.1 Å². The SMILES string of the molecule is O=C(c1cnn(-c2cccc(C(F)(F)F)c2)c1C1CC1)N1CCN(CCO)CC1. The Labute approximate surface area is 166 Å². The van der Waals surface area contributed by atoms with E-state index in [4.69, 9.17) is 5.11 Å². The number of aliphatic hydroxyl groups excluding tert-OH is 1. The lowest BCUT2D eigenvalue weighted by Crippen LogP contribution is -2.49. The molecule has 0 unspecified atom stereocenters. The van der Waals surface area contributed by atoms with Crippen molar-refractivity contribution in [2.45, 2.75) is 24.9 Å². The molecule has 9 heteroatoms. The Morgan fingerprint density at radius 3 is 2.52 bits per heavy atom. The minimum Gasteiger partial charge on any atom is -0.395 e. The van der Waals surface area contributed by atoms with Crippen LogP contribution in [0.4, 0.5) is 13.2 Å². The molecule has 1 N–H and O–H groups in total. The van der Waals surface area contributed by atoms with Gasteiger partial charge in [-0.25, -0.2) is 4.68 Å². The van der Waals surface area contributed by atoms with Crippen LogP contribution in [0.2, 0.25) is 0 Å².